The maximum atomic E-state index is 13.3. The van der Waals surface area contributed by atoms with Crippen LogP contribution in [0.5, 0.6) is 0 Å². The van der Waals surface area contributed by atoms with Gasteiger partial charge in [-0.1, -0.05) is 36.4 Å². The van der Waals surface area contributed by atoms with Gasteiger partial charge in [-0.05, 0) is 30.5 Å². The number of carbonyl (C=O) groups is 1. The van der Waals surface area contributed by atoms with E-state index in [2.05, 4.69) is 34.4 Å². The van der Waals surface area contributed by atoms with Crippen LogP contribution in [0.1, 0.15) is 27.3 Å². The molecule has 0 aliphatic carbocycles. The second kappa shape index (κ2) is 9.01. The molecule has 0 atom stereocenters. The van der Waals surface area contributed by atoms with Crippen molar-refractivity contribution in [3.05, 3.63) is 71.2 Å². The Hall–Kier alpha value is -2.31. The molecule has 1 fully saturated rings. The fraction of sp³-hybridized carbons (Fsp3) is 0.391. The highest BCUT2D eigenvalue weighted by Crippen LogP contribution is 2.21. The van der Waals surface area contributed by atoms with Gasteiger partial charge < -0.3 is 9.30 Å². The van der Waals surface area contributed by atoms with Gasteiger partial charge in [0, 0.05) is 50.9 Å². The zero-order valence-corrected chi connectivity index (χ0v) is 18.0. The van der Waals surface area contributed by atoms with Gasteiger partial charge in [-0.3, -0.25) is 9.69 Å². The molecule has 6 heteroatoms. The van der Waals surface area contributed by atoms with Gasteiger partial charge in [0.1, 0.15) is 5.65 Å². The molecule has 0 radical (unpaired) electrons. The number of carbonyl (C=O) groups excluding carboxylic acids is 1. The summed E-state index contributed by atoms with van der Waals surface area (Å²) in [6.45, 7) is 5.60. The third-order valence-corrected chi connectivity index (χ3v) is 6.49. The van der Waals surface area contributed by atoms with E-state index in [0.29, 0.717) is 12.2 Å². The van der Waals surface area contributed by atoms with E-state index in [9.17, 15) is 4.79 Å². The molecule has 0 N–H and O–H groups in total. The van der Waals surface area contributed by atoms with Crippen molar-refractivity contribution in [3.63, 3.8) is 0 Å². The van der Waals surface area contributed by atoms with Crippen molar-refractivity contribution in [2.75, 3.05) is 38.2 Å². The predicted octanol–water partition coefficient (Wildman–Crippen LogP) is 3.51. The molecule has 0 bridgehead atoms. The van der Waals surface area contributed by atoms with E-state index >= 15 is 0 Å². The zero-order chi connectivity index (χ0) is 20.2. The first-order valence-electron chi connectivity index (χ1n) is 10.2. The maximum absolute atomic E-state index is 13.3. The molecule has 29 heavy (non-hydrogen) atoms. The molecule has 0 unspecified atom stereocenters. The summed E-state index contributed by atoms with van der Waals surface area (Å²) >= 11 is 2.00. The second-order valence-electron chi connectivity index (χ2n) is 7.64. The lowest BCUT2D eigenvalue weighted by Crippen LogP contribution is -2.34. The second-order valence-corrected chi connectivity index (χ2v) is 8.87. The van der Waals surface area contributed by atoms with Crippen molar-refractivity contribution in [2.24, 2.45) is 0 Å². The van der Waals surface area contributed by atoms with E-state index < -0.39 is 0 Å². The van der Waals surface area contributed by atoms with Gasteiger partial charge in [-0.25, -0.2) is 4.98 Å². The zero-order valence-electron chi connectivity index (χ0n) is 17.2. The van der Waals surface area contributed by atoms with E-state index in [4.69, 9.17) is 4.98 Å². The van der Waals surface area contributed by atoms with Crippen LogP contribution in [0, 0.1) is 6.92 Å². The Morgan fingerprint density at radius 1 is 1.14 bits per heavy atom. The third kappa shape index (κ3) is 4.49. The van der Waals surface area contributed by atoms with E-state index in [1.165, 1.54) is 5.56 Å². The number of thioether (sulfide) groups is 1. The van der Waals surface area contributed by atoms with E-state index in [1.54, 1.807) is 4.90 Å². The Labute approximate surface area is 176 Å². The van der Waals surface area contributed by atoms with Crippen LogP contribution in [0.25, 0.3) is 5.65 Å². The molecule has 0 saturated carbocycles. The summed E-state index contributed by atoms with van der Waals surface area (Å²) in [4.78, 5) is 22.4. The molecule has 1 aromatic carbocycles. The van der Waals surface area contributed by atoms with Crippen LogP contribution >= 0.6 is 11.8 Å². The van der Waals surface area contributed by atoms with Crippen molar-refractivity contribution >= 4 is 23.3 Å². The molecule has 3 heterocycles. The number of hydrogen-bond donors (Lipinski definition) is 0. The molecule has 0 spiro atoms. The summed E-state index contributed by atoms with van der Waals surface area (Å²) in [5.41, 5.74) is 4.81. The Balaban J connectivity index is 1.59. The number of aromatic nitrogens is 2. The highest BCUT2D eigenvalue weighted by Gasteiger charge is 2.24. The molecule has 5 nitrogen and oxygen atoms in total. The van der Waals surface area contributed by atoms with Gasteiger partial charge in [0.25, 0.3) is 5.91 Å². The number of amides is 1. The summed E-state index contributed by atoms with van der Waals surface area (Å²) < 4.78 is 2.11. The van der Waals surface area contributed by atoms with Gasteiger partial charge in [0.05, 0.1) is 5.69 Å². The largest absolute Gasteiger partial charge is 0.340 e. The smallest absolute Gasteiger partial charge is 0.274 e. The predicted molar refractivity (Wildman–Crippen MR) is 120 cm³/mol. The molecule has 1 aliphatic rings. The Morgan fingerprint density at radius 2 is 1.90 bits per heavy atom. The third-order valence-electron chi connectivity index (χ3n) is 5.55. The normalized spacial score (nSPS) is 15.0. The van der Waals surface area contributed by atoms with Gasteiger partial charge in [-0.15, -0.1) is 0 Å². The van der Waals surface area contributed by atoms with Crippen LogP contribution in [0.3, 0.4) is 0 Å². The summed E-state index contributed by atoms with van der Waals surface area (Å²) in [6.07, 6.45) is 2.87. The molecule has 3 aromatic rings. The number of pyridine rings is 1. The number of benzene rings is 1. The summed E-state index contributed by atoms with van der Waals surface area (Å²) in [5, 5.41) is 0. The minimum atomic E-state index is 0.00501. The average molecular weight is 409 g/mol. The number of likely N-dealkylation sites (N-methyl/N-ethyl adjacent to an activating group) is 1. The first kappa shape index (κ1) is 20.0. The lowest BCUT2D eigenvalue weighted by molar-refractivity contribution is 0.0789. The molecule has 1 amide bonds. The number of hydrogen-bond acceptors (Lipinski definition) is 4. The quantitative estimate of drug-likeness (QED) is 0.626. The van der Waals surface area contributed by atoms with Gasteiger partial charge in [0.2, 0.25) is 0 Å². The van der Waals surface area contributed by atoms with Crippen LogP contribution in [-0.2, 0) is 13.0 Å². The Morgan fingerprint density at radius 3 is 2.66 bits per heavy atom. The lowest BCUT2D eigenvalue weighted by atomic mass is 10.1. The molecule has 152 valence electrons. The molecular weight excluding hydrogens is 380 g/mol. The van der Waals surface area contributed by atoms with E-state index in [1.807, 2.05) is 49.3 Å². The van der Waals surface area contributed by atoms with Crippen molar-refractivity contribution in [3.8, 4) is 0 Å². The monoisotopic (exact) mass is 408 g/mol. The van der Waals surface area contributed by atoms with E-state index in [0.717, 1.165) is 54.5 Å². The molecule has 1 saturated heterocycles. The topological polar surface area (TPSA) is 40.9 Å². The Kier molecular flexibility index (Phi) is 6.21. The van der Waals surface area contributed by atoms with Crippen molar-refractivity contribution in [1.29, 1.82) is 0 Å². The van der Waals surface area contributed by atoms with E-state index in [-0.39, 0.29) is 5.91 Å². The number of imidazole rings is 1. The number of aryl methyl sites for hydroxylation is 1. The first-order chi connectivity index (χ1) is 14.1. The fourth-order valence-electron chi connectivity index (χ4n) is 3.77. The SMILES string of the molecule is Cc1cccn2c(CN3CCSCC3)c(C(=O)N(C)CCc3ccccc3)nc12. The highest BCUT2D eigenvalue weighted by atomic mass is 32.2. The summed E-state index contributed by atoms with van der Waals surface area (Å²) in [6, 6.07) is 14.4. The van der Waals surface area contributed by atoms with Crippen molar-refractivity contribution < 1.29 is 4.79 Å². The summed E-state index contributed by atoms with van der Waals surface area (Å²) in [5.74, 6) is 2.30. The van der Waals surface area contributed by atoms with Gasteiger partial charge in [-0.2, -0.15) is 11.8 Å². The van der Waals surface area contributed by atoms with Crippen LogP contribution in [0.4, 0.5) is 0 Å². The number of nitrogens with zero attached hydrogens (tertiary/aromatic N) is 4. The van der Waals surface area contributed by atoms with Crippen LogP contribution in [0.15, 0.2) is 48.7 Å². The van der Waals surface area contributed by atoms with Crippen LogP contribution in [0.2, 0.25) is 0 Å². The van der Waals surface area contributed by atoms with Crippen molar-refractivity contribution in [1.82, 2.24) is 19.2 Å². The maximum Gasteiger partial charge on any atom is 0.274 e. The van der Waals surface area contributed by atoms with Crippen LogP contribution in [-0.4, -0.2) is 63.3 Å². The average Bonchev–Trinajstić information content (AvgIpc) is 3.12. The minimum Gasteiger partial charge on any atom is -0.340 e. The van der Waals surface area contributed by atoms with Crippen molar-refractivity contribution in [2.45, 2.75) is 19.9 Å². The Bertz CT molecular complexity index is 979. The van der Waals surface area contributed by atoms with Crippen LogP contribution < -0.4 is 0 Å². The standard InChI is InChI=1S/C23H28N4OS/c1-18-7-6-11-27-20(17-26-13-15-29-16-14-26)21(24-22(18)27)23(28)25(2)12-10-19-8-4-3-5-9-19/h3-9,11H,10,12-17H2,1-2H3. The molecule has 4 rings (SSSR count). The molecular formula is C23H28N4OS. The van der Waals surface area contributed by atoms with Gasteiger partial charge >= 0.3 is 0 Å². The lowest BCUT2D eigenvalue weighted by Gasteiger charge is -2.26. The number of fused-ring (bicyclic) bond motifs is 1. The minimum absolute atomic E-state index is 0.00501. The number of rotatable bonds is 6. The fourth-order valence-corrected chi connectivity index (χ4v) is 4.75. The summed E-state index contributed by atoms with van der Waals surface area (Å²) in [7, 11) is 1.88. The van der Waals surface area contributed by atoms with Gasteiger partial charge in [0.15, 0.2) is 5.69 Å². The molecule has 2 aromatic heterocycles. The highest BCUT2D eigenvalue weighted by molar-refractivity contribution is 7.99. The first-order valence-corrected chi connectivity index (χ1v) is 11.3. The molecule has 1 aliphatic heterocycles.